The standard InChI is InChI=1S/C58H66N2O4S2/c1-5-31(6-2)11-9-17-59-53(61)41-15-13-39-47-40(14-16-42(48(41)47)54(59)62)51-46(66-58-29-35-20-36(30-58)24-38(58)23-35)26-44-49-43(55(63)60(56(44)64)18-10-12-32(7-3)8-4)25-45(50(39)52(49)51)65-57-27-33-19-34(28-57)22-37(57)21-33/h13-16,25-26,31-38H,5-12,17-24,27-30H2,1-4H3. The van der Waals surface area contributed by atoms with Gasteiger partial charge in [0.25, 0.3) is 23.6 Å². The van der Waals surface area contributed by atoms with Crippen molar-refractivity contribution in [2.24, 2.45) is 47.3 Å². The lowest BCUT2D eigenvalue weighted by molar-refractivity contribution is 0.0590. The fraction of sp³-hybridized carbons (Fsp3) is 0.586. The third kappa shape index (κ3) is 6.00. The summed E-state index contributed by atoms with van der Waals surface area (Å²) in [6, 6.07) is 12.8. The summed E-state index contributed by atoms with van der Waals surface area (Å²) < 4.78 is 0.272. The molecule has 5 aromatic carbocycles. The molecule has 0 aromatic heterocycles. The summed E-state index contributed by atoms with van der Waals surface area (Å²) in [5.74, 6) is 4.99. The van der Waals surface area contributed by atoms with Crippen LogP contribution in [0, 0.1) is 47.3 Å². The molecule has 0 spiro atoms. The molecular weight excluding hydrogens is 853 g/mol. The molecule has 0 radical (unpaired) electrons. The molecule has 10 aliphatic rings. The van der Waals surface area contributed by atoms with Crippen LogP contribution in [-0.2, 0) is 0 Å². The first-order chi connectivity index (χ1) is 32.1. The normalized spacial score (nSPS) is 30.4. The predicted octanol–water partition coefficient (Wildman–Crippen LogP) is 14.7. The molecule has 15 rings (SSSR count). The molecule has 2 heterocycles. The van der Waals surface area contributed by atoms with Gasteiger partial charge in [-0.15, -0.1) is 23.5 Å². The minimum absolute atomic E-state index is 0.136. The number of carbonyl (C=O) groups excluding carboxylic acids is 4. The van der Waals surface area contributed by atoms with Crippen LogP contribution in [0.25, 0.3) is 43.1 Å². The Balaban J connectivity index is 1.05. The Hall–Kier alpha value is -3.62. The van der Waals surface area contributed by atoms with E-state index in [-0.39, 0.29) is 33.1 Å². The number of benzene rings is 5. The maximum atomic E-state index is 15.2. The van der Waals surface area contributed by atoms with E-state index in [2.05, 4.69) is 75.5 Å². The second kappa shape index (κ2) is 15.4. The van der Waals surface area contributed by atoms with Gasteiger partial charge in [-0.3, -0.25) is 29.0 Å². The van der Waals surface area contributed by atoms with Gasteiger partial charge in [0.15, 0.2) is 0 Å². The fourth-order valence-corrected chi connectivity index (χ4v) is 20.6. The number of amides is 4. The Morgan fingerprint density at radius 1 is 0.485 bits per heavy atom. The zero-order valence-corrected chi connectivity index (χ0v) is 41.2. The zero-order valence-electron chi connectivity index (χ0n) is 39.6. The van der Waals surface area contributed by atoms with Crippen molar-refractivity contribution >= 4 is 90.2 Å². The molecule has 8 aliphatic carbocycles. The first-order valence-corrected chi connectivity index (χ1v) is 28.1. The lowest BCUT2D eigenvalue weighted by Crippen LogP contribution is -2.41. The summed E-state index contributed by atoms with van der Waals surface area (Å²) >= 11 is 4.12. The number of hydrogen-bond acceptors (Lipinski definition) is 6. The van der Waals surface area contributed by atoms with Gasteiger partial charge in [0, 0.05) is 81.6 Å². The highest BCUT2D eigenvalue weighted by Crippen LogP contribution is 2.70. The van der Waals surface area contributed by atoms with E-state index in [1.165, 1.54) is 69.1 Å². The van der Waals surface area contributed by atoms with Crippen molar-refractivity contribution in [3.63, 3.8) is 0 Å². The lowest BCUT2D eigenvalue weighted by atomic mass is 9.82. The van der Waals surface area contributed by atoms with Crippen molar-refractivity contribution < 1.29 is 19.2 Å². The summed E-state index contributed by atoms with van der Waals surface area (Å²) in [4.78, 5) is 65.3. The zero-order chi connectivity index (χ0) is 45.0. The molecule has 4 unspecified atom stereocenters. The van der Waals surface area contributed by atoms with Crippen LogP contribution in [0.15, 0.2) is 46.2 Å². The van der Waals surface area contributed by atoms with Crippen LogP contribution >= 0.6 is 23.5 Å². The fourth-order valence-electron chi connectivity index (χ4n) is 16.7. The topological polar surface area (TPSA) is 74.8 Å². The summed E-state index contributed by atoms with van der Waals surface area (Å²) in [6.07, 6.45) is 20.9. The second-order valence-electron chi connectivity index (χ2n) is 23.0. The van der Waals surface area contributed by atoms with Crippen molar-refractivity contribution in [1.82, 2.24) is 9.80 Å². The molecular formula is C58H66N2O4S2. The van der Waals surface area contributed by atoms with E-state index in [0.29, 0.717) is 59.0 Å². The Morgan fingerprint density at radius 2 is 0.864 bits per heavy atom. The van der Waals surface area contributed by atoms with E-state index >= 15 is 9.59 Å². The predicted molar refractivity (Wildman–Crippen MR) is 269 cm³/mol. The Bertz CT molecular complexity index is 2720. The monoisotopic (exact) mass is 918 g/mol. The van der Waals surface area contributed by atoms with Gasteiger partial charge in [0.1, 0.15) is 0 Å². The number of carbonyl (C=O) groups is 4. The van der Waals surface area contributed by atoms with E-state index in [1.54, 1.807) is 4.90 Å². The number of fused-ring (bicyclic) bond motifs is 2. The molecule has 4 atom stereocenters. The molecule has 0 saturated heterocycles. The van der Waals surface area contributed by atoms with Crippen molar-refractivity contribution in [1.29, 1.82) is 0 Å². The first-order valence-electron chi connectivity index (χ1n) is 26.4. The van der Waals surface area contributed by atoms with Crippen LogP contribution < -0.4 is 0 Å². The highest BCUT2D eigenvalue weighted by Gasteiger charge is 2.60. The molecule has 8 saturated carbocycles. The maximum Gasteiger partial charge on any atom is 0.261 e. The molecule has 2 aliphatic heterocycles. The number of thioether (sulfide) groups is 2. The Labute approximate surface area is 398 Å². The van der Waals surface area contributed by atoms with Gasteiger partial charge >= 0.3 is 0 Å². The second-order valence-corrected chi connectivity index (χ2v) is 25.9. The Kier molecular flexibility index (Phi) is 9.94. The number of hydrogen-bond donors (Lipinski definition) is 0. The van der Waals surface area contributed by atoms with Crippen LogP contribution in [0.1, 0.15) is 185 Å². The maximum absolute atomic E-state index is 15.2. The molecule has 8 bridgehead atoms. The van der Waals surface area contributed by atoms with Crippen LogP contribution in [0.5, 0.6) is 0 Å². The number of nitrogens with zero attached hydrogens (tertiary/aromatic N) is 2. The van der Waals surface area contributed by atoms with Crippen LogP contribution in [-0.4, -0.2) is 56.0 Å². The molecule has 5 aromatic rings. The smallest absolute Gasteiger partial charge is 0.261 e. The average molecular weight is 919 g/mol. The minimum Gasteiger partial charge on any atom is -0.274 e. The van der Waals surface area contributed by atoms with Gasteiger partial charge in [-0.25, -0.2) is 0 Å². The summed E-state index contributed by atoms with van der Waals surface area (Å²) in [7, 11) is 0. The van der Waals surface area contributed by atoms with E-state index in [9.17, 15) is 9.59 Å². The molecule has 6 nitrogen and oxygen atoms in total. The molecule has 0 N–H and O–H groups in total. The third-order valence-electron chi connectivity index (χ3n) is 19.7. The van der Waals surface area contributed by atoms with E-state index in [1.807, 2.05) is 12.1 Å². The van der Waals surface area contributed by atoms with Crippen LogP contribution in [0.4, 0.5) is 0 Å². The van der Waals surface area contributed by atoms with Gasteiger partial charge in [-0.05, 0) is 178 Å². The van der Waals surface area contributed by atoms with Gasteiger partial charge in [-0.1, -0.05) is 65.5 Å². The summed E-state index contributed by atoms with van der Waals surface area (Å²) in [5.41, 5.74) is 2.61. The average Bonchev–Trinajstić information content (AvgIpc) is 3.90. The van der Waals surface area contributed by atoms with Crippen LogP contribution in [0.3, 0.4) is 0 Å². The van der Waals surface area contributed by atoms with Crippen molar-refractivity contribution in [2.75, 3.05) is 13.1 Å². The molecule has 4 amide bonds. The highest BCUT2D eigenvalue weighted by atomic mass is 32.2. The Morgan fingerprint density at radius 3 is 1.26 bits per heavy atom. The van der Waals surface area contributed by atoms with Crippen LogP contribution in [0.2, 0.25) is 0 Å². The van der Waals surface area contributed by atoms with Crippen molar-refractivity contribution in [2.45, 2.75) is 163 Å². The van der Waals surface area contributed by atoms with Crippen molar-refractivity contribution in [3.8, 4) is 0 Å². The van der Waals surface area contributed by atoms with E-state index < -0.39 is 0 Å². The molecule has 8 heteroatoms. The van der Waals surface area contributed by atoms with Crippen molar-refractivity contribution in [3.05, 3.63) is 58.7 Å². The lowest BCUT2D eigenvalue weighted by Gasteiger charge is -2.36. The highest BCUT2D eigenvalue weighted by molar-refractivity contribution is 8.01. The number of imide groups is 2. The van der Waals surface area contributed by atoms with Gasteiger partial charge in [0.2, 0.25) is 0 Å². The van der Waals surface area contributed by atoms with E-state index in [0.717, 1.165) is 128 Å². The van der Waals surface area contributed by atoms with Gasteiger partial charge in [-0.2, -0.15) is 0 Å². The quantitative estimate of drug-likeness (QED) is 0.0558. The largest absolute Gasteiger partial charge is 0.274 e. The van der Waals surface area contributed by atoms with Gasteiger partial charge in [0.05, 0.1) is 0 Å². The summed E-state index contributed by atoms with van der Waals surface area (Å²) in [6.45, 7) is 9.83. The molecule has 66 heavy (non-hydrogen) atoms. The summed E-state index contributed by atoms with van der Waals surface area (Å²) in [5, 5.41) is 8.01. The molecule has 344 valence electrons. The minimum atomic E-state index is -0.183. The van der Waals surface area contributed by atoms with E-state index in [4.69, 9.17) is 0 Å². The van der Waals surface area contributed by atoms with Gasteiger partial charge < -0.3 is 0 Å². The SMILES string of the molecule is CCC(CC)CCCN1C(=O)c2ccc3c4c(SC56CC7CC(CC5C7)C6)cc5c6c(cc(SC78CC9CC(CC7C9)C8)c(c7ccc(c2c37)C1=O)c64)C(=O)N(CCCC(CC)CC)C5=O. The molecule has 8 fully saturated rings. The third-order valence-corrected chi connectivity index (χ3v) is 22.9. The first kappa shape index (κ1) is 42.5. The number of rotatable bonds is 16.